The number of rotatable bonds is 9. The Kier molecular flexibility index (Phi) is 31.5. The van der Waals surface area contributed by atoms with Crippen molar-refractivity contribution in [3.63, 3.8) is 0 Å². The molecule has 7 aromatic carbocycles. The van der Waals surface area contributed by atoms with Crippen LogP contribution in [0.4, 0.5) is 0 Å². The Morgan fingerprint density at radius 3 is 0.956 bits per heavy atom. The van der Waals surface area contributed by atoms with Crippen LogP contribution in [-0.2, 0) is 91.1 Å². The van der Waals surface area contributed by atoms with E-state index in [1.54, 1.807) is 58.9 Å². The first-order valence-corrected chi connectivity index (χ1v) is 37.4. The fourth-order valence-corrected chi connectivity index (χ4v) is 14.1. The maximum atomic E-state index is 10.8. The summed E-state index contributed by atoms with van der Waals surface area (Å²) in [5, 5.41) is 0. The maximum Gasteiger partial charge on any atom is 0.125 e. The van der Waals surface area contributed by atoms with Gasteiger partial charge in [0.1, 0.15) is 91.1 Å². The fraction of sp³-hybridized carbons (Fsp3) is 0.222. The fourth-order valence-electron chi connectivity index (χ4n) is 6.85. The third kappa shape index (κ3) is 29.3. The third-order valence-electron chi connectivity index (χ3n) is 10.9. The second kappa shape index (κ2) is 33.9. The molecule has 0 atom stereocenters. The van der Waals surface area contributed by atoms with Gasteiger partial charge in [-0.15, -0.1) is 0 Å². The van der Waals surface area contributed by atoms with Crippen LogP contribution in [0, 0.1) is 69.2 Å². The van der Waals surface area contributed by atoms with Crippen molar-refractivity contribution in [2.75, 3.05) is 0 Å². The monoisotopic (exact) mass is 1430 g/mol. The lowest BCUT2D eigenvalue weighted by Gasteiger charge is -2.17. The van der Waals surface area contributed by atoms with Gasteiger partial charge in [-0.25, -0.2) is 75.8 Å². The van der Waals surface area contributed by atoms with Crippen molar-refractivity contribution in [2.45, 2.75) is 127 Å². The molecule has 0 aromatic heterocycles. The highest BCUT2D eigenvalue weighted by molar-refractivity contribution is 7.89. The van der Waals surface area contributed by atoms with Crippen LogP contribution in [0.1, 0.15) is 69.5 Å². The third-order valence-corrected chi connectivity index (χ3v) is 19.4. The van der Waals surface area contributed by atoms with E-state index in [-0.39, 0.29) is 25.8 Å². The maximum absolute atomic E-state index is 10.8. The van der Waals surface area contributed by atoms with Crippen molar-refractivity contribution in [1.29, 1.82) is 0 Å². The Hall–Kier alpha value is -6.27. The number of hydrogen-bond acceptors (Lipinski definition) is 27. The molecule has 0 aliphatic carbocycles. The lowest BCUT2D eigenvalue weighted by atomic mass is 10.1. The summed E-state index contributed by atoms with van der Waals surface area (Å²) in [6.07, 6.45) is 0. The van der Waals surface area contributed by atoms with Crippen LogP contribution in [0.15, 0.2) is 184 Å². The van der Waals surface area contributed by atoms with E-state index < -0.39 is 120 Å². The molecule has 7 rings (SSSR count). The summed E-state index contributed by atoms with van der Waals surface area (Å²) in [6, 6.07) is 32.8. The van der Waals surface area contributed by atoms with Gasteiger partial charge < -0.3 is 41.0 Å². The Morgan fingerprint density at radius 2 is 0.611 bits per heavy atom. The van der Waals surface area contributed by atoms with Gasteiger partial charge in [-0.3, -0.25) is 0 Å². The van der Waals surface area contributed by atoms with Crippen LogP contribution in [-0.4, -0.2) is 117 Å². The zero-order chi connectivity index (χ0) is 70.7. The molecule has 0 heterocycles. The van der Waals surface area contributed by atoms with Gasteiger partial charge in [-0.05, 0) is 168 Å². The zero-order valence-electron chi connectivity index (χ0n) is 49.5. The van der Waals surface area contributed by atoms with Crippen LogP contribution in [0.2, 0.25) is 0 Å². The van der Waals surface area contributed by atoms with Gasteiger partial charge in [0.25, 0.3) is 0 Å². The van der Waals surface area contributed by atoms with Crippen molar-refractivity contribution >= 4 is 91.1 Å². The second-order valence-electron chi connectivity index (χ2n) is 18.3. The van der Waals surface area contributed by atoms with E-state index in [1.807, 2.05) is 45.0 Å². The van der Waals surface area contributed by atoms with Gasteiger partial charge in [0.05, 0.1) is 44.1 Å². The number of hydrogen-bond donors (Lipinski definition) is 0. The van der Waals surface area contributed by atoms with Gasteiger partial charge in [0.15, 0.2) is 0 Å². The molecule has 0 spiro atoms. The van der Waals surface area contributed by atoms with Crippen LogP contribution >= 0.6 is 0 Å². The minimum absolute atomic E-state index is 0.0677. The molecule has 36 heteroatoms. The van der Waals surface area contributed by atoms with E-state index >= 15 is 0 Å². The van der Waals surface area contributed by atoms with Crippen molar-refractivity contribution < 1.29 is 117 Å². The SMILES string of the molecule is CC.Cc1cc(C)cc(S(=O)(=O)[O-])c1.Cc1ccc(S(=O)(=O)[O-])c(C)c1.Cc1ccc(S(=O)(=O)[O-])c(S(=O)(=O)[O-])c1.Cc1ccc(S(=O)(=O)[O-])cc1S(=O)(=O)[O-].Cc1cccc(S(=O)(=O)[O-])c1C.Cc1cccc(S(=O)(=O)[O-])c1S(=O)(=O)[O-].Cc1ccccc1. The van der Waals surface area contributed by atoms with Crippen LogP contribution in [0.3, 0.4) is 0 Å². The minimum Gasteiger partial charge on any atom is -0.744 e. The first-order chi connectivity index (χ1) is 40.5. The molecule has 7 aromatic rings. The van der Waals surface area contributed by atoms with E-state index in [0.29, 0.717) is 22.8 Å². The highest BCUT2D eigenvalue weighted by Gasteiger charge is 2.17. The Morgan fingerprint density at radius 1 is 0.222 bits per heavy atom. The molecule has 90 heavy (non-hydrogen) atoms. The first kappa shape index (κ1) is 83.7. The van der Waals surface area contributed by atoms with E-state index in [2.05, 4.69) is 19.1 Å². The molecule has 0 aliphatic heterocycles. The van der Waals surface area contributed by atoms with E-state index in [9.17, 15) is 117 Å². The molecular formula is C54H59O27S9-9. The molecule has 0 N–H and O–H groups in total. The van der Waals surface area contributed by atoms with E-state index in [1.165, 1.54) is 68.8 Å². The highest BCUT2D eigenvalue weighted by atomic mass is 32.3. The van der Waals surface area contributed by atoms with Crippen molar-refractivity contribution in [2.24, 2.45) is 0 Å². The highest BCUT2D eigenvalue weighted by Crippen LogP contribution is 2.25. The second-order valence-corrected chi connectivity index (χ2v) is 30.5. The molecular weight excluding hydrogens is 1370 g/mol. The molecule has 0 saturated heterocycles. The Labute approximate surface area is 526 Å². The summed E-state index contributed by atoms with van der Waals surface area (Å²) in [5.74, 6) is 0. The first-order valence-electron chi connectivity index (χ1n) is 24.7. The van der Waals surface area contributed by atoms with Gasteiger partial charge >= 0.3 is 0 Å². The van der Waals surface area contributed by atoms with Crippen molar-refractivity contribution in [1.82, 2.24) is 0 Å². The molecule has 0 bridgehead atoms. The van der Waals surface area contributed by atoms with E-state index in [4.69, 9.17) is 0 Å². The van der Waals surface area contributed by atoms with E-state index in [0.717, 1.165) is 52.6 Å². The summed E-state index contributed by atoms with van der Waals surface area (Å²) in [7, 11) is -42.3. The summed E-state index contributed by atoms with van der Waals surface area (Å²) >= 11 is 0. The van der Waals surface area contributed by atoms with Gasteiger partial charge in [-0.1, -0.05) is 110 Å². The van der Waals surface area contributed by atoms with Crippen LogP contribution < -0.4 is 0 Å². The van der Waals surface area contributed by atoms with Gasteiger partial charge in [-0.2, -0.15) is 0 Å². The lowest BCUT2D eigenvalue weighted by Crippen LogP contribution is -2.10. The summed E-state index contributed by atoms with van der Waals surface area (Å²) in [4.78, 5) is -5.82. The predicted octanol–water partition coefficient (Wildman–Crippen LogP) is 6.05. The standard InChI is InChI=1S/3C8H10O3S.3C7H8O6S2.C7H8.C2H6/c1-6-3-7(2)5-8(4-6)12(9,10)11;1-6-3-4-8(7(2)5-6)12(9,10)11;1-6-4-3-5-8(7(6)2)12(9,10)11;1-5-2-3-6(14(8,9)10)4-7(5)15(11,12)13;1-5-2-3-6(14(8,9)10)7(4-5)15(11,12)13;1-5-3-2-4-6(14(8,9)10)7(5)15(11,12)13;1-7-5-3-2-4-6-7;1-2/h3*3-5H,1-2H3,(H,9,10,11);3*2-4H,1H3,(H,8,9,10)(H,11,12,13);2-6H,1H3;1-2H3/p-9. The number of benzene rings is 7. The molecule has 27 nitrogen and oxygen atoms in total. The topological polar surface area (TPSA) is 515 Å². The molecule has 500 valence electrons. The normalized spacial score (nSPS) is 11.7. The molecule has 0 saturated carbocycles. The van der Waals surface area contributed by atoms with Crippen LogP contribution in [0.5, 0.6) is 0 Å². The Balaban J connectivity index is 0.00000103. The molecule has 0 unspecified atom stereocenters. The van der Waals surface area contributed by atoms with Gasteiger partial charge in [0, 0.05) is 0 Å². The minimum atomic E-state index is -4.98. The summed E-state index contributed by atoms with van der Waals surface area (Å²) in [6.45, 7) is 20.5. The van der Waals surface area contributed by atoms with Crippen molar-refractivity contribution in [3.8, 4) is 0 Å². The van der Waals surface area contributed by atoms with Gasteiger partial charge in [0.2, 0.25) is 0 Å². The lowest BCUT2D eigenvalue weighted by molar-refractivity contribution is 0.446. The average Bonchev–Trinajstić information content (AvgIpc) is 0.934. The predicted molar refractivity (Wildman–Crippen MR) is 315 cm³/mol. The molecule has 0 fully saturated rings. The molecule has 0 aliphatic rings. The largest absolute Gasteiger partial charge is 0.744 e. The summed E-state index contributed by atoms with van der Waals surface area (Å²) in [5.41, 5.74) is 6.08. The molecule has 0 radical (unpaired) electrons. The molecule has 0 amide bonds. The number of aryl methyl sites for hydroxylation is 9. The quantitative estimate of drug-likeness (QED) is 0.148. The zero-order valence-corrected chi connectivity index (χ0v) is 56.8. The summed E-state index contributed by atoms with van der Waals surface area (Å²) < 4.78 is 288. The van der Waals surface area contributed by atoms with Crippen LogP contribution in [0.25, 0.3) is 0 Å². The Bertz CT molecular complexity index is 4680. The average molecular weight is 1430 g/mol. The van der Waals surface area contributed by atoms with Crippen molar-refractivity contribution in [3.05, 3.63) is 195 Å². The smallest absolute Gasteiger partial charge is 0.125 e.